The van der Waals surface area contributed by atoms with Gasteiger partial charge in [-0.25, -0.2) is 4.98 Å². The van der Waals surface area contributed by atoms with Gasteiger partial charge in [-0.1, -0.05) is 0 Å². The number of hydrogen-bond acceptors (Lipinski definition) is 7. The predicted octanol–water partition coefficient (Wildman–Crippen LogP) is 2.96. The number of thiazole rings is 1. The van der Waals surface area contributed by atoms with E-state index in [-0.39, 0.29) is 5.91 Å². The van der Waals surface area contributed by atoms with Gasteiger partial charge in [0.25, 0.3) is 0 Å². The molecule has 4 rings (SSSR count). The Bertz CT molecular complexity index is 913. The van der Waals surface area contributed by atoms with E-state index in [1.807, 2.05) is 25.1 Å². The van der Waals surface area contributed by atoms with Crippen molar-refractivity contribution in [1.29, 1.82) is 0 Å². The molecule has 0 aromatic carbocycles. The predicted molar refractivity (Wildman–Crippen MR) is 108 cm³/mol. The number of amides is 1. The van der Waals surface area contributed by atoms with E-state index in [4.69, 9.17) is 4.98 Å². The van der Waals surface area contributed by atoms with Crippen molar-refractivity contribution in [3.05, 3.63) is 28.9 Å². The van der Waals surface area contributed by atoms with Crippen molar-refractivity contribution in [2.75, 3.05) is 32.5 Å². The topological polar surface area (TPSA) is 70.2 Å². The third-order valence-corrected chi connectivity index (χ3v) is 6.57. The van der Waals surface area contributed by atoms with Crippen LogP contribution in [0.3, 0.4) is 0 Å². The average Bonchev–Trinajstić information content (AvgIpc) is 3.20. The summed E-state index contributed by atoms with van der Waals surface area (Å²) >= 11 is 3.34. The molecule has 3 aromatic heterocycles. The molecule has 2 N–H and O–H groups in total. The van der Waals surface area contributed by atoms with Crippen molar-refractivity contribution in [1.82, 2.24) is 20.2 Å². The first-order chi connectivity index (χ1) is 12.6. The summed E-state index contributed by atoms with van der Waals surface area (Å²) in [6.45, 7) is 2.55. The largest absolute Gasteiger partial charge is 0.317 e. The molecule has 0 atom stereocenters. The molecule has 0 radical (unpaired) electrons. The van der Waals surface area contributed by atoms with Crippen LogP contribution in [-0.2, 0) is 17.8 Å². The first-order valence-electron chi connectivity index (χ1n) is 8.62. The van der Waals surface area contributed by atoms with Gasteiger partial charge in [0.1, 0.15) is 15.5 Å². The summed E-state index contributed by atoms with van der Waals surface area (Å²) in [4.78, 5) is 24.7. The highest BCUT2D eigenvalue weighted by molar-refractivity contribution is 7.22. The van der Waals surface area contributed by atoms with Crippen LogP contribution in [0.15, 0.2) is 18.5 Å². The smallest absolute Gasteiger partial charge is 0.226 e. The molecule has 0 saturated heterocycles. The summed E-state index contributed by atoms with van der Waals surface area (Å²) in [5, 5.41) is 8.45. The first kappa shape index (κ1) is 17.5. The number of carbonyl (C=O) groups excluding carboxylic acids is 1. The Morgan fingerprint density at radius 3 is 3.08 bits per heavy atom. The van der Waals surface area contributed by atoms with Crippen LogP contribution >= 0.6 is 22.7 Å². The second-order valence-electron chi connectivity index (χ2n) is 6.60. The molecule has 0 unspecified atom stereocenters. The van der Waals surface area contributed by atoms with Crippen molar-refractivity contribution in [2.24, 2.45) is 0 Å². The van der Waals surface area contributed by atoms with Crippen LogP contribution in [0, 0.1) is 0 Å². The number of nitrogens with one attached hydrogen (secondary N) is 2. The lowest BCUT2D eigenvalue weighted by Gasteiger charge is -2.13. The zero-order valence-corrected chi connectivity index (χ0v) is 16.5. The summed E-state index contributed by atoms with van der Waals surface area (Å²) in [6.07, 6.45) is 5.03. The molecule has 0 saturated carbocycles. The highest BCUT2D eigenvalue weighted by Crippen LogP contribution is 2.44. The molecule has 136 valence electrons. The summed E-state index contributed by atoms with van der Waals surface area (Å²) in [5.74, 6) is 0.0503. The lowest BCUT2D eigenvalue weighted by Crippen LogP contribution is -2.22. The quantitative estimate of drug-likeness (QED) is 0.704. The zero-order chi connectivity index (χ0) is 18.1. The Kier molecular flexibility index (Phi) is 4.99. The van der Waals surface area contributed by atoms with Crippen molar-refractivity contribution in [3.8, 4) is 10.6 Å². The van der Waals surface area contributed by atoms with Crippen LogP contribution in [-0.4, -0.2) is 48.0 Å². The Hall–Kier alpha value is -1.87. The van der Waals surface area contributed by atoms with Crippen LogP contribution in [0.4, 0.5) is 5.00 Å². The lowest BCUT2D eigenvalue weighted by atomic mass is 10.0. The van der Waals surface area contributed by atoms with Gasteiger partial charge in [-0.2, -0.15) is 0 Å². The van der Waals surface area contributed by atoms with Crippen LogP contribution in [0.25, 0.3) is 20.8 Å². The van der Waals surface area contributed by atoms with Crippen LogP contribution in [0.2, 0.25) is 0 Å². The normalized spacial score (nSPS) is 14.0. The fraction of sp³-hybridized carbons (Fsp3) is 0.389. The molecule has 3 aromatic rings. The number of nitrogens with zero attached hydrogens (tertiary/aromatic N) is 3. The molecule has 0 bridgehead atoms. The molecule has 0 aliphatic carbocycles. The van der Waals surface area contributed by atoms with E-state index in [1.54, 1.807) is 35.1 Å². The van der Waals surface area contributed by atoms with Crippen LogP contribution in [0.1, 0.15) is 16.9 Å². The maximum Gasteiger partial charge on any atom is 0.226 e. The van der Waals surface area contributed by atoms with Crippen LogP contribution < -0.4 is 10.6 Å². The van der Waals surface area contributed by atoms with Gasteiger partial charge in [-0.15, -0.1) is 22.7 Å². The average molecular weight is 388 g/mol. The number of thiophene rings is 1. The Balaban J connectivity index is 1.72. The SMILES string of the molecule is CN(C)CCC(=O)Nc1sc2c(c1-c1nc3cnccc3s1)CCNC2. The van der Waals surface area contributed by atoms with E-state index in [2.05, 4.69) is 15.6 Å². The summed E-state index contributed by atoms with van der Waals surface area (Å²) in [7, 11) is 3.95. The number of fused-ring (bicyclic) bond motifs is 2. The summed E-state index contributed by atoms with van der Waals surface area (Å²) in [6, 6.07) is 1.99. The summed E-state index contributed by atoms with van der Waals surface area (Å²) in [5.41, 5.74) is 3.33. The fourth-order valence-corrected chi connectivity index (χ4v) is 5.36. The number of rotatable bonds is 5. The monoisotopic (exact) mass is 387 g/mol. The number of anilines is 1. The number of aromatic nitrogens is 2. The Labute approximate surface area is 160 Å². The van der Waals surface area contributed by atoms with Gasteiger partial charge in [0.05, 0.1) is 10.9 Å². The lowest BCUT2D eigenvalue weighted by molar-refractivity contribution is -0.116. The highest BCUT2D eigenvalue weighted by Gasteiger charge is 2.25. The van der Waals surface area contributed by atoms with E-state index in [9.17, 15) is 4.79 Å². The van der Waals surface area contributed by atoms with Gasteiger partial charge >= 0.3 is 0 Å². The van der Waals surface area contributed by atoms with E-state index >= 15 is 0 Å². The van der Waals surface area contributed by atoms with Gasteiger partial charge in [0, 0.05) is 36.1 Å². The van der Waals surface area contributed by atoms with Gasteiger partial charge in [-0.3, -0.25) is 9.78 Å². The minimum absolute atomic E-state index is 0.0503. The van der Waals surface area contributed by atoms with E-state index in [0.717, 1.165) is 51.8 Å². The molecule has 1 amide bonds. The number of pyridine rings is 1. The molecule has 26 heavy (non-hydrogen) atoms. The second-order valence-corrected chi connectivity index (χ2v) is 8.73. The van der Waals surface area contributed by atoms with Gasteiger partial charge in [-0.05, 0) is 38.7 Å². The Morgan fingerprint density at radius 1 is 1.38 bits per heavy atom. The molecular weight excluding hydrogens is 366 g/mol. The molecular formula is C18H21N5OS2. The van der Waals surface area contributed by atoms with Crippen molar-refractivity contribution >= 4 is 43.8 Å². The minimum atomic E-state index is 0.0503. The van der Waals surface area contributed by atoms with Crippen molar-refractivity contribution < 1.29 is 4.79 Å². The molecule has 6 nitrogen and oxygen atoms in total. The fourth-order valence-electron chi connectivity index (χ4n) is 3.05. The second kappa shape index (κ2) is 7.40. The van der Waals surface area contributed by atoms with Crippen molar-refractivity contribution in [2.45, 2.75) is 19.4 Å². The van der Waals surface area contributed by atoms with Crippen molar-refractivity contribution in [3.63, 3.8) is 0 Å². The third kappa shape index (κ3) is 3.50. The molecule has 0 spiro atoms. The maximum atomic E-state index is 12.4. The van der Waals surface area contributed by atoms with Gasteiger partial charge < -0.3 is 15.5 Å². The highest BCUT2D eigenvalue weighted by atomic mass is 32.1. The maximum absolute atomic E-state index is 12.4. The first-order valence-corrected chi connectivity index (χ1v) is 10.3. The van der Waals surface area contributed by atoms with E-state index in [1.165, 1.54) is 10.4 Å². The molecule has 0 fully saturated rings. The molecule has 1 aliphatic heterocycles. The van der Waals surface area contributed by atoms with Gasteiger partial charge in [0.2, 0.25) is 5.91 Å². The third-order valence-electron chi connectivity index (χ3n) is 4.37. The molecule has 8 heteroatoms. The molecule has 1 aliphatic rings. The molecule has 4 heterocycles. The number of hydrogen-bond donors (Lipinski definition) is 2. The van der Waals surface area contributed by atoms with E-state index < -0.39 is 0 Å². The number of carbonyl (C=O) groups is 1. The minimum Gasteiger partial charge on any atom is -0.317 e. The zero-order valence-electron chi connectivity index (χ0n) is 14.8. The van der Waals surface area contributed by atoms with Crippen LogP contribution in [0.5, 0.6) is 0 Å². The van der Waals surface area contributed by atoms with Gasteiger partial charge in [0.15, 0.2) is 0 Å². The Morgan fingerprint density at radius 2 is 2.27 bits per heavy atom. The summed E-state index contributed by atoms with van der Waals surface area (Å²) < 4.78 is 1.12. The van der Waals surface area contributed by atoms with E-state index in [0.29, 0.717) is 6.42 Å². The standard InChI is InChI=1S/C18H21N5OS2/c1-23(2)8-5-15(24)22-18-16(11-3-6-20-10-14(11)26-18)17-21-12-9-19-7-4-13(12)25-17/h4,7,9,20H,3,5-6,8,10H2,1-2H3,(H,22,24).